The molecule has 7 heteroatoms. The number of rotatable bonds is 10. The minimum Gasteiger partial charge on any atom is -0.494 e. The molecule has 6 nitrogen and oxygen atoms in total. The third-order valence-corrected chi connectivity index (χ3v) is 8.28. The van der Waals surface area contributed by atoms with Gasteiger partial charge in [-0.1, -0.05) is 24.3 Å². The van der Waals surface area contributed by atoms with E-state index in [1.807, 2.05) is 30.3 Å². The lowest BCUT2D eigenvalue weighted by molar-refractivity contribution is -0.138. The second-order valence-electron chi connectivity index (χ2n) is 10.2. The summed E-state index contributed by atoms with van der Waals surface area (Å²) < 4.78 is 34.6. The molecule has 5 rings (SSSR count). The molecule has 0 aromatic heterocycles. The Kier molecular flexibility index (Phi) is 6.99. The quantitative estimate of drug-likeness (QED) is 0.363. The number of carboxylic acid groups (broad SMARTS) is 1. The van der Waals surface area contributed by atoms with Crippen LogP contribution in [0.5, 0.6) is 11.5 Å². The van der Waals surface area contributed by atoms with Crippen LogP contribution in [-0.2, 0) is 34.1 Å². The Bertz CT molecular complexity index is 1430. The lowest BCUT2D eigenvalue weighted by atomic mass is 9.82. The highest BCUT2D eigenvalue weighted by atomic mass is 32.2. The third kappa shape index (κ3) is 5.99. The zero-order valence-electron chi connectivity index (χ0n) is 21.2. The van der Waals surface area contributed by atoms with Crippen LogP contribution in [0.2, 0.25) is 0 Å². The van der Waals surface area contributed by atoms with Gasteiger partial charge in [0.05, 0.1) is 18.3 Å². The van der Waals surface area contributed by atoms with Gasteiger partial charge in [-0.2, -0.15) is 0 Å². The molecule has 0 radical (unpaired) electrons. The van der Waals surface area contributed by atoms with Crippen LogP contribution in [0.3, 0.4) is 0 Å². The highest BCUT2D eigenvalue weighted by Gasteiger charge is 2.44. The minimum absolute atomic E-state index is 0.119. The van der Waals surface area contributed by atoms with E-state index in [-0.39, 0.29) is 17.6 Å². The third-order valence-electron chi connectivity index (χ3n) is 7.25. The fraction of sp³-hybridized carbons (Fsp3) is 0.367. The molecule has 1 fully saturated rings. The van der Waals surface area contributed by atoms with Gasteiger partial charge in [-0.05, 0) is 108 Å². The number of fused-ring (bicyclic) bond motifs is 3. The summed E-state index contributed by atoms with van der Waals surface area (Å²) in [5.41, 5.74) is 8.33. The van der Waals surface area contributed by atoms with Crippen LogP contribution < -0.4 is 9.47 Å². The second kappa shape index (κ2) is 10.2. The molecule has 37 heavy (non-hydrogen) atoms. The van der Waals surface area contributed by atoms with E-state index in [4.69, 9.17) is 14.6 Å². The monoisotopic (exact) mass is 520 g/mol. The molecule has 2 aliphatic carbocycles. The number of hydrogen-bond acceptors (Lipinski definition) is 5. The largest absolute Gasteiger partial charge is 0.494 e. The predicted molar refractivity (Wildman–Crippen MR) is 143 cm³/mol. The van der Waals surface area contributed by atoms with E-state index in [1.165, 1.54) is 28.5 Å². The van der Waals surface area contributed by atoms with Gasteiger partial charge in [0.2, 0.25) is 0 Å². The molecule has 0 spiro atoms. The molecule has 2 unspecified atom stereocenters. The number of sulfone groups is 1. The van der Waals surface area contributed by atoms with Crippen molar-refractivity contribution in [2.24, 2.45) is 5.92 Å². The number of ether oxygens (including phenoxy) is 2. The van der Waals surface area contributed by atoms with Crippen LogP contribution in [0.4, 0.5) is 0 Å². The van der Waals surface area contributed by atoms with Crippen LogP contribution in [0, 0.1) is 12.8 Å². The average Bonchev–Trinajstić information content (AvgIpc) is 3.66. The van der Waals surface area contributed by atoms with Gasteiger partial charge >= 0.3 is 5.97 Å². The number of benzene rings is 3. The van der Waals surface area contributed by atoms with Crippen molar-refractivity contribution in [2.45, 2.75) is 45.1 Å². The fourth-order valence-electron chi connectivity index (χ4n) is 5.25. The molecule has 0 aliphatic heterocycles. The molecule has 0 heterocycles. The molecule has 2 atom stereocenters. The highest BCUT2D eigenvalue weighted by Crippen LogP contribution is 2.47. The second-order valence-corrected chi connectivity index (χ2v) is 12.5. The van der Waals surface area contributed by atoms with E-state index >= 15 is 0 Å². The lowest BCUT2D eigenvalue weighted by Gasteiger charge is -2.24. The van der Waals surface area contributed by atoms with Crippen molar-refractivity contribution < 1.29 is 27.8 Å². The predicted octanol–water partition coefficient (Wildman–Crippen LogP) is 5.34. The maximum atomic E-state index is 11.3. The first kappa shape index (κ1) is 25.3. The van der Waals surface area contributed by atoms with Gasteiger partial charge in [-0.15, -0.1) is 0 Å². The Hall–Kier alpha value is -3.32. The van der Waals surface area contributed by atoms with Crippen LogP contribution in [0.1, 0.15) is 46.6 Å². The van der Waals surface area contributed by atoms with Crippen LogP contribution >= 0.6 is 0 Å². The van der Waals surface area contributed by atoms with Gasteiger partial charge in [-0.25, -0.2) is 8.42 Å². The summed E-state index contributed by atoms with van der Waals surface area (Å²) in [7, 11) is -2.98. The fourth-order valence-corrected chi connectivity index (χ4v) is 5.89. The molecule has 1 saturated carbocycles. The molecule has 3 aromatic rings. The normalized spacial score (nSPS) is 18.0. The first-order chi connectivity index (χ1) is 17.7. The summed E-state index contributed by atoms with van der Waals surface area (Å²) in [6.07, 6.45) is 4.33. The highest BCUT2D eigenvalue weighted by molar-refractivity contribution is 7.90. The van der Waals surface area contributed by atoms with Gasteiger partial charge in [0.1, 0.15) is 27.9 Å². The van der Waals surface area contributed by atoms with Crippen molar-refractivity contribution in [3.8, 4) is 22.6 Å². The maximum absolute atomic E-state index is 11.3. The summed E-state index contributed by atoms with van der Waals surface area (Å²) in [4.78, 5) is 11.1. The van der Waals surface area contributed by atoms with Crippen molar-refractivity contribution in [3.05, 3.63) is 82.4 Å². The van der Waals surface area contributed by atoms with Crippen LogP contribution in [0.15, 0.2) is 54.6 Å². The molecule has 0 bridgehead atoms. The number of carboxylic acids is 1. The van der Waals surface area contributed by atoms with E-state index in [1.54, 1.807) is 0 Å². The van der Waals surface area contributed by atoms with Crippen LogP contribution in [0.25, 0.3) is 11.1 Å². The average molecular weight is 521 g/mol. The number of hydrogen-bond donors (Lipinski definition) is 1. The van der Waals surface area contributed by atoms with Gasteiger partial charge in [-0.3, -0.25) is 4.79 Å². The first-order valence-corrected chi connectivity index (χ1v) is 14.8. The van der Waals surface area contributed by atoms with Gasteiger partial charge in [0.25, 0.3) is 0 Å². The molecule has 1 N–H and O–H groups in total. The Morgan fingerprint density at radius 3 is 2.43 bits per heavy atom. The van der Waals surface area contributed by atoms with E-state index in [0.717, 1.165) is 41.0 Å². The Morgan fingerprint density at radius 1 is 0.973 bits per heavy atom. The maximum Gasteiger partial charge on any atom is 0.307 e. The van der Waals surface area contributed by atoms with Crippen molar-refractivity contribution in [1.29, 1.82) is 0 Å². The molecule has 0 amide bonds. The van der Waals surface area contributed by atoms with Crippen molar-refractivity contribution >= 4 is 15.8 Å². The Labute approximate surface area is 218 Å². The summed E-state index contributed by atoms with van der Waals surface area (Å²) in [6, 6.07) is 18.4. The van der Waals surface area contributed by atoms with Gasteiger partial charge < -0.3 is 14.6 Å². The van der Waals surface area contributed by atoms with Gasteiger partial charge in [0, 0.05) is 6.26 Å². The Balaban J connectivity index is 1.25. The summed E-state index contributed by atoms with van der Waals surface area (Å²) in [6.45, 7) is 2.92. The van der Waals surface area contributed by atoms with E-state index in [9.17, 15) is 13.2 Å². The topological polar surface area (TPSA) is 89.9 Å². The zero-order valence-corrected chi connectivity index (χ0v) is 22.0. The first-order valence-electron chi connectivity index (χ1n) is 12.7. The van der Waals surface area contributed by atoms with E-state index in [2.05, 4.69) is 31.2 Å². The van der Waals surface area contributed by atoms with E-state index in [0.29, 0.717) is 26.1 Å². The number of carbonyl (C=O) groups is 1. The smallest absolute Gasteiger partial charge is 0.307 e. The molecule has 0 saturated heterocycles. The van der Waals surface area contributed by atoms with E-state index < -0.39 is 15.8 Å². The summed E-state index contributed by atoms with van der Waals surface area (Å²) in [5.74, 6) is 0.832. The summed E-state index contributed by atoms with van der Waals surface area (Å²) in [5, 5.41) is 9.14. The van der Waals surface area contributed by atoms with Crippen LogP contribution in [-0.4, -0.2) is 38.1 Å². The van der Waals surface area contributed by atoms with Crippen molar-refractivity contribution in [2.75, 3.05) is 18.6 Å². The summed E-state index contributed by atoms with van der Waals surface area (Å²) >= 11 is 0. The van der Waals surface area contributed by atoms with Gasteiger partial charge in [0.15, 0.2) is 0 Å². The molecule has 194 valence electrons. The SMILES string of the molecule is Cc1cc(OCCCS(C)(=O)=O)cc2c1-c1cc(COc3ccc(C4CC4C(=O)O)cc3)ccc1CC2. The molecule has 2 aliphatic rings. The molecular weight excluding hydrogens is 488 g/mol. The lowest BCUT2D eigenvalue weighted by Crippen LogP contribution is -2.10. The van der Waals surface area contributed by atoms with Crippen molar-refractivity contribution in [3.63, 3.8) is 0 Å². The molecule has 3 aromatic carbocycles. The van der Waals surface area contributed by atoms with Crippen molar-refractivity contribution in [1.82, 2.24) is 0 Å². The molecular formula is C30H32O6S. The zero-order chi connectivity index (χ0) is 26.2. The number of aryl methyl sites for hydroxylation is 3. The standard InChI is InChI=1S/C30H32O6S/c1-19-14-25(35-12-3-13-37(2,33)34)16-23-7-6-22-5-4-20(15-27(22)29(19)23)18-36-24-10-8-21(9-11-24)26-17-28(26)30(31)32/h4-5,8-11,14-16,26,28H,3,6-7,12-13,17-18H2,1-2H3,(H,31,32). The number of aliphatic carboxylic acids is 1. The Morgan fingerprint density at radius 2 is 1.73 bits per heavy atom. The minimum atomic E-state index is -2.98.